The van der Waals surface area contributed by atoms with Crippen LogP contribution in [0.2, 0.25) is 0 Å². The van der Waals surface area contributed by atoms with Gasteiger partial charge in [-0.1, -0.05) is 48.5 Å². The number of carboxylic acid groups (broad SMARTS) is 1. The maximum Gasteiger partial charge on any atom is 0.303 e. The summed E-state index contributed by atoms with van der Waals surface area (Å²) in [4.78, 5) is 15.3. The number of nitrogens with one attached hydrogen (secondary N) is 1. The summed E-state index contributed by atoms with van der Waals surface area (Å²) in [5, 5.41) is 19.1. The zero-order valence-corrected chi connectivity index (χ0v) is 14.2. The Morgan fingerprint density at radius 2 is 1.72 bits per heavy atom. The molecule has 0 fully saturated rings. The molecule has 4 N–H and O–H groups in total. The molecule has 25 heavy (non-hydrogen) atoms. The first kappa shape index (κ1) is 16.9. The van der Waals surface area contributed by atoms with Crippen molar-refractivity contribution in [2.45, 2.75) is 12.8 Å². The second-order valence-electron chi connectivity index (χ2n) is 5.62. The summed E-state index contributed by atoms with van der Waals surface area (Å²) in [6.07, 6.45) is 0.664. The van der Waals surface area contributed by atoms with Gasteiger partial charge in [-0.05, 0) is 12.0 Å². The maximum absolute atomic E-state index is 10.6. The number of nitrogens with two attached hydrogens (primary N) is 1. The zero-order valence-electron chi connectivity index (χ0n) is 13.4. The number of hydrogen-bond donors (Lipinski definition) is 3. The van der Waals surface area contributed by atoms with Gasteiger partial charge < -0.3 is 10.8 Å². The lowest BCUT2D eigenvalue weighted by Crippen LogP contribution is -2.10. The quantitative estimate of drug-likeness (QED) is 0.465. The van der Waals surface area contributed by atoms with Gasteiger partial charge in [-0.15, -0.1) is 11.3 Å². The minimum Gasteiger partial charge on any atom is -0.481 e. The normalized spacial score (nSPS) is 10.6. The minimum absolute atomic E-state index is 0.0503. The number of aliphatic carboxylic acids is 1. The highest BCUT2D eigenvalue weighted by Gasteiger charge is 2.08. The third-order valence-electron chi connectivity index (χ3n) is 3.82. The molecule has 0 radical (unpaired) electrons. The van der Waals surface area contributed by atoms with Crippen molar-refractivity contribution in [2.24, 2.45) is 5.73 Å². The molecule has 6 heteroatoms. The van der Waals surface area contributed by atoms with E-state index in [2.05, 4.69) is 4.98 Å². The van der Waals surface area contributed by atoms with Crippen molar-refractivity contribution < 1.29 is 9.90 Å². The van der Waals surface area contributed by atoms with Gasteiger partial charge in [-0.25, -0.2) is 4.98 Å². The van der Waals surface area contributed by atoms with Crippen LogP contribution in [0.1, 0.15) is 17.5 Å². The molecule has 0 saturated heterocycles. The summed E-state index contributed by atoms with van der Waals surface area (Å²) in [6, 6.07) is 15.3. The fourth-order valence-corrected chi connectivity index (χ4v) is 3.26. The number of amidine groups is 1. The largest absolute Gasteiger partial charge is 0.481 e. The summed E-state index contributed by atoms with van der Waals surface area (Å²) in [7, 11) is 0. The van der Waals surface area contributed by atoms with Gasteiger partial charge in [-0.3, -0.25) is 10.2 Å². The van der Waals surface area contributed by atoms with Crippen LogP contribution in [-0.4, -0.2) is 21.9 Å². The van der Waals surface area contributed by atoms with Crippen LogP contribution in [0.4, 0.5) is 0 Å². The highest BCUT2D eigenvalue weighted by Crippen LogP contribution is 2.29. The van der Waals surface area contributed by atoms with Crippen LogP contribution >= 0.6 is 11.3 Å². The number of nitrogen functional groups attached to an aromatic ring is 1. The van der Waals surface area contributed by atoms with Crippen LogP contribution in [-0.2, 0) is 11.2 Å². The standard InChI is InChI=1S/C19H17N3O2S/c20-18(21)14-6-8-15(9-7-14)19-22-16(11-25-19)13-4-1-12(2-5-13)3-10-17(23)24/h1-2,4-9,11H,3,10H2,(H3,20,21)(H,23,24). The Bertz CT molecular complexity index is 899. The SMILES string of the molecule is N=C(N)c1ccc(-c2nc(-c3ccc(CCC(=O)O)cc3)cs2)cc1. The van der Waals surface area contributed by atoms with Gasteiger partial charge in [0, 0.05) is 28.5 Å². The van der Waals surface area contributed by atoms with Gasteiger partial charge in [-0.2, -0.15) is 0 Å². The molecule has 1 aromatic heterocycles. The van der Waals surface area contributed by atoms with Crippen molar-refractivity contribution in [1.82, 2.24) is 4.98 Å². The van der Waals surface area contributed by atoms with E-state index in [0.717, 1.165) is 27.4 Å². The summed E-state index contributed by atoms with van der Waals surface area (Å²) < 4.78 is 0. The van der Waals surface area contributed by atoms with E-state index < -0.39 is 5.97 Å². The molecule has 0 aliphatic carbocycles. The van der Waals surface area contributed by atoms with Crippen molar-refractivity contribution in [3.05, 3.63) is 65.0 Å². The first-order valence-corrected chi connectivity index (χ1v) is 8.62. The number of carboxylic acids is 1. The second-order valence-corrected chi connectivity index (χ2v) is 6.48. The molecule has 0 aliphatic rings. The molecule has 1 heterocycles. The molecule has 0 atom stereocenters. The molecule has 0 unspecified atom stereocenters. The van der Waals surface area contributed by atoms with Crippen molar-refractivity contribution in [3.63, 3.8) is 0 Å². The maximum atomic E-state index is 10.6. The first-order valence-electron chi connectivity index (χ1n) is 7.74. The molecular weight excluding hydrogens is 334 g/mol. The zero-order chi connectivity index (χ0) is 17.8. The van der Waals surface area contributed by atoms with Crippen molar-refractivity contribution in [1.29, 1.82) is 5.41 Å². The Hall–Kier alpha value is -2.99. The van der Waals surface area contributed by atoms with E-state index in [-0.39, 0.29) is 12.3 Å². The van der Waals surface area contributed by atoms with Crippen LogP contribution in [0.25, 0.3) is 21.8 Å². The van der Waals surface area contributed by atoms with Gasteiger partial charge in [0.15, 0.2) is 0 Å². The van der Waals surface area contributed by atoms with E-state index in [1.54, 1.807) is 11.3 Å². The number of rotatable bonds is 6. The van der Waals surface area contributed by atoms with E-state index in [4.69, 9.17) is 16.2 Å². The number of aromatic nitrogens is 1. The number of hydrogen-bond acceptors (Lipinski definition) is 4. The monoisotopic (exact) mass is 351 g/mol. The summed E-state index contributed by atoms with van der Waals surface area (Å²) in [5.41, 5.74) is 10.0. The number of nitrogens with zero attached hydrogens (tertiary/aromatic N) is 1. The molecule has 0 saturated carbocycles. The fourth-order valence-electron chi connectivity index (χ4n) is 2.42. The van der Waals surface area contributed by atoms with Gasteiger partial charge in [0.25, 0.3) is 0 Å². The van der Waals surface area contributed by atoms with E-state index >= 15 is 0 Å². The fraction of sp³-hybridized carbons (Fsp3) is 0.105. The molecule has 0 spiro atoms. The van der Waals surface area contributed by atoms with Gasteiger partial charge in [0.05, 0.1) is 5.69 Å². The Labute approximate surface area is 149 Å². The van der Waals surface area contributed by atoms with E-state index in [9.17, 15) is 4.79 Å². The number of carbonyl (C=O) groups is 1. The molecule has 126 valence electrons. The lowest BCUT2D eigenvalue weighted by Gasteiger charge is -2.02. The van der Waals surface area contributed by atoms with E-state index in [0.29, 0.717) is 12.0 Å². The highest BCUT2D eigenvalue weighted by molar-refractivity contribution is 7.13. The van der Waals surface area contributed by atoms with Crippen LogP contribution in [0.5, 0.6) is 0 Å². The van der Waals surface area contributed by atoms with Crippen LogP contribution in [0.3, 0.4) is 0 Å². The molecule has 2 aromatic carbocycles. The van der Waals surface area contributed by atoms with Crippen molar-refractivity contribution in [2.75, 3.05) is 0 Å². The molecule has 3 aromatic rings. The lowest BCUT2D eigenvalue weighted by molar-refractivity contribution is -0.136. The second kappa shape index (κ2) is 7.27. The Morgan fingerprint density at radius 1 is 1.08 bits per heavy atom. The van der Waals surface area contributed by atoms with Gasteiger partial charge in [0.2, 0.25) is 0 Å². The average molecular weight is 351 g/mol. The predicted molar refractivity (Wildman–Crippen MR) is 100.0 cm³/mol. The highest BCUT2D eigenvalue weighted by atomic mass is 32.1. The van der Waals surface area contributed by atoms with Gasteiger partial charge in [0.1, 0.15) is 10.8 Å². The molecular formula is C19H17N3O2S. The average Bonchev–Trinajstić information content (AvgIpc) is 3.10. The summed E-state index contributed by atoms with van der Waals surface area (Å²) in [5.74, 6) is -0.738. The predicted octanol–water partition coefficient (Wildman–Crippen LogP) is 3.78. The van der Waals surface area contributed by atoms with Crippen LogP contribution < -0.4 is 5.73 Å². The third kappa shape index (κ3) is 4.10. The Morgan fingerprint density at radius 3 is 2.32 bits per heavy atom. The van der Waals surface area contributed by atoms with E-state index in [1.807, 2.05) is 53.9 Å². The minimum atomic E-state index is -0.788. The summed E-state index contributed by atoms with van der Waals surface area (Å²) in [6.45, 7) is 0. The van der Waals surface area contributed by atoms with Gasteiger partial charge >= 0.3 is 5.97 Å². The third-order valence-corrected chi connectivity index (χ3v) is 4.72. The molecule has 0 amide bonds. The number of aryl methyl sites for hydroxylation is 1. The smallest absolute Gasteiger partial charge is 0.303 e. The molecule has 3 rings (SSSR count). The van der Waals surface area contributed by atoms with Crippen LogP contribution in [0, 0.1) is 5.41 Å². The Balaban J connectivity index is 1.76. The molecule has 0 bridgehead atoms. The molecule has 5 nitrogen and oxygen atoms in total. The summed E-state index contributed by atoms with van der Waals surface area (Å²) >= 11 is 1.56. The van der Waals surface area contributed by atoms with Crippen molar-refractivity contribution in [3.8, 4) is 21.8 Å². The van der Waals surface area contributed by atoms with E-state index in [1.165, 1.54) is 0 Å². The Kier molecular flexibility index (Phi) is 4.90. The lowest BCUT2D eigenvalue weighted by atomic mass is 10.1. The topological polar surface area (TPSA) is 100 Å². The molecule has 0 aliphatic heterocycles. The van der Waals surface area contributed by atoms with Crippen LogP contribution in [0.15, 0.2) is 53.9 Å². The number of benzene rings is 2. The van der Waals surface area contributed by atoms with Crippen molar-refractivity contribution >= 4 is 23.1 Å². The first-order chi connectivity index (χ1) is 12.0. The number of thiazole rings is 1.